The molecule has 0 spiro atoms. The molecule has 0 saturated carbocycles. The van der Waals surface area contributed by atoms with Gasteiger partial charge < -0.3 is 4.74 Å². The first kappa shape index (κ1) is 8.18. The predicted octanol–water partition coefficient (Wildman–Crippen LogP) is 1.97. The van der Waals surface area contributed by atoms with Gasteiger partial charge in [0.05, 0.1) is 13.2 Å². The minimum Gasteiger partial charge on any atom is -0.376 e. The lowest BCUT2D eigenvalue weighted by atomic mass is 10.4. The molecule has 0 N–H and O–H groups in total. The number of hydrogen-bond donors (Lipinski definition) is 0. The van der Waals surface area contributed by atoms with Crippen LogP contribution in [0.1, 0.15) is 6.92 Å². The Balaban J connectivity index is 2.82. The minimum atomic E-state index is 0.686. The topological polar surface area (TPSA) is 9.23 Å². The lowest BCUT2D eigenvalue weighted by molar-refractivity contribution is 0.174. The largest absolute Gasteiger partial charge is 0.376 e. The Morgan fingerprint density at radius 1 is 1.75 bits per heavy atom. The van der Waals surface area contributed by atoms with Crippen molar-refractivity contribution in [2.24, 2.45) is 0 Å². The second-order valence-corrected chi connectivity index (χ2v) is 2.49. The molecule has 0 rings (SSSR count). The monoisotopic (exact) mass is 178 g/mol. The smallest absolute Gasteiger partial charge is 0.0671 e. The van der Waals surface area contributed by atoms with Crippen molar-refractivity contribution < 1.29 is 4.74 Å². The molecule has 0 fully saturated rings. The zero-order chi connectivity index (χ0) is 6.41. The molecule has 48 valence electrons. The van der Waals surface area contributed by atoms with Crippen molar-refractivity contribution >= 4 is 15.9 Å². The van der Waals surface area contributed by atoms with Gasteiger partial charge in [-0.25, -0.2) is 0 Å². The Kier molecular flexibility index (Phi) is 5.44. The van der Waals surface area contributed by atoms with E-state index in [0.29, 0.717) is 6.61 Å². The second kappa shape index (κ2) is 5.32. The Labute approximate surface area is 58.9 Å². The third-order valence-electron chi connectivity index (χ3n) is 0.570. The van der Waals surface area contributed by atoms with Crippen LogP contribution in [0.25, 0.3) is 0 Å². The Hall–Kier alpha value is 0.180. The maximum atomic E-state index is 5.10. The Morgan fingerprint density at radius 2 is 2.38 bits per heavy atom. The van der Waals surface area contributed by atoms with E-state index in [0.717, 1.165) is 17.5 Å². The molecule has 0 bridgehead atoms. The predicted molar refractivity (Wildman–Crippen MR) is 39.4 cm³/mol. The molecule has 0 radical (unpaired) electrons. The fourth-order valence-corrected chi connectivity index (χ4v) is 0.530. The molecule has 0 saturated heterocycles. The maximum Gasteiger partial charge on any atom is 0.0671 e. The highest BCUT2D eigenvalue weighted by atomic mass is 79.9. The zero-order valence-corrected chi connectivity index (χ0v) is 6.70. The van der Waals surface area contributed by atoms with Crippen LogP contribution in [0, 0.1) is 0 Å². The van der Waals surface area contributed by atoms with Crippen LogP contribution in [-0.4, -0.2) is 18.5 Å². The van der Waals surface area contributed by atoms with Gasteiger partial charge in [-0.1, -0.05) is 28.1 Å². The van der Waals surface area contributed by atoms with E-state index in [9.17, 15) is 0 Å². The fraction of sp³-hybridized carbons (Fsp3) is 0.667. The SMILES string of the molecule is C=C(C)COCCBr. The molecule has 0 aromatic heterocycles. The Morgan fingerprint density at radius 3 is 2.75 bits per heavy atom. The van der Waals surface area contributed by atoms with E-state index in [1.807, 2.05) is 6.92 Å². The highest BCUT2D eigenvalue weighted by Gasteiger charge is 1.83. The van der Waals surface area contributed by atoms with Crippen molar-refractivity contribution in [3.05, 3.63) is 12.2 Å². The van der Waals surface area contributed by atoms with Gasteiger partial charge in [0.1, 0.15) is 0 Å². The molecule has 8 heavy (non-hydrogen) atoms. The second-order valence-electron chi connectivity index (χ2n) is 1.70. The summed E-state index contributed by atoms with van der Waals surface area (Å²) in [7, 11) is 0. The van der Waals surface area contributed by atoms with Gasteiger partial charge in [0, 0.05) is 5.33 Å². The van der Waals surface area contributed by atoms with E-state index in [1.165, 1.54) is 0 Å². The molecule has 0 unspecified atom stereocenters. The van der Waals surface area contributed by atoms with Crippen LogP contribution in [-0.2, 0) is 4.74 Å². The first-order valence-electron chi connectivity index (χ1n) is 2.55. The maximum absolute atomic E-state index is 5.10. The van der Waals surface area contributed by atoms with Crippen LogP contribution in [0.3, 0.4) is 0 Å². The van der Waals surface area contributed by atoms with Gasteiger partial charge in [-0.3, -0.25) is 0 Å². The van der Waals surface area contributed by atoms with Gasteiger partial charge in [-0.05, 0) is 6.92 Å². The van der Waals surface area contributed by atoms with Crippen LogP contribution < -0.4 is 0 Å². The van der Waals surface area contributed by atoms with Gasteiger partial charge in [0.25, 0.3) is 0 Å². The number of alkyl halides is 1. The molecule has 2 heteroatoms. The molecule has 0 aliphatic heterocycles. The highest BCUT2D eigenvalue weighted by Crippen LogP contribution is 1.88. The number of hydrogen-bond acceptors (Lipinski definition) is 1. The first-order valence-corrected chi connectivity index (χ1v) is 3.67. The molecular formula is C6H11BrO. The van der Waals surface area contributed by atoms with Crippen molar-refractivity contribution in [2.75, 3.05) is 18.5 Å². The van der Waals surface area contributed by atoms with Gasteiger partial charge in [0.15, 0.2) is 0 Å². The quantitative estimate of drug-likeness (QED) is 0.364. The van der Waals surface area contributed by atoms with E-state index in [1.54, 1.807) is 0 Å². The summed E-state index contributed by atoms with van der Waals surface area (Å²) in [6, 6.07) is 0. The van der Waals surface area contributed by atoms with Crippen LogP contribution in [0.2, 0.25) is 0 Å². The minimum absolute atomic E-state index is 0.686. The van der Waals surface area contributed by atoms with Crippen molar-refractivity contribution in [1.82, 2.24) is 0 Å². The molecule has 1 nitrogen and oxygen atoms in total. The van der Waals surface area contributed by atoms with E-state index in [-0.39, 0.29) is 0 Å². The molecule has 0 aromatic rings. The highest BCUT2D eigenvalue weighted by molar-refractivity contribution is 9.09. The molecular weight excluding hydrogens is 168 g/mol. The van der Waals surface area contributed by atoms with E-state index in [2.05, 4.69) is 22.5 Å². The number of ether oxygens (including phenoxy) is 1. The fourth-order valence-electron chi connectivity index (χ4n) is 0.301. The molecule has 0 atom stereocenters. The van der Waals surface area contributed by atoms with Crippen molar-refractivity contribution in [3.8, 4) is 0 Å². The van der Waals surface area contributed by atoms with Crippen molar-refractivity contribution in [1.29, 1.82) is 0 Å². The molecule has 0 amide bonds. The van der Waals surface area contributed by atoms with E-state index >= 15 is 0 Å². The molecule has 0 heterocycles. The summed E-state index contributed by atoms with van der Waals surface area (Å²) < 4.78 is 5.10. The normalized spacial score (nSPS) is 9.25. The van der Waals surface area contributed by atoms with Crippen LogP contribution in [0.4, 0.5) is 0 Å². The number of halogens is 1. The summed E-state index contributed by atoms with van der Waals surface area (Å²) in [5.74, 6) is 0. The van der Waals surface area contributed by atoms with E-state index in [4.69, 9.17) is 4.74 Å². The lowest BCUT2D eigenvalue weighted by Crippen LogP contribution is -1.97. The average molecular weight is 179 g/mol. The van der Waals surface area contributed by atoms with Crippen molar-refractivity contribution in [2.45, 2.75) is 6.92 Å². The molecule has 0 aromatic carbocycles. The van der Waals surface area contributed by atoms with Crippen LogP contribution in [0.15, 0.2) is 12.2 Å². The van der Waals surface area contributed by atoms with Gasteiger partial charge in [-0.15, -0.1) is 0 Å². The van der Waals surface area contributed by atoms with Crippen LogP contribution in [0.5, 0.6) is 0 Å². The summed E-state index contributed by atoms with van der Waals surface area (Å²) in [4.78, 5) is 0. The lowest BCUT2D eigenvalue weighted by Gasteiger charge is -1.97. The average Bonchev–Trinajstić information content (AvgIpc) is 1.66. The summed E-state index contributed by atoms with van der Waals surface area (Å²) in [6.07, 6.45) is 0. The van der Waals surface area contributed by atoms with Gasteiger partial charge in [-0.2, -0.15) is 0 Å². The van der Waals surface area contributed by atoms with E-state index < -0.39 is 0 Å². The molecule has 0 aliphatic rings. The van der Waals surface area contributed by atoms with Crippen LogP contribution >= 0.6 is 15.9 Å². The zero-order valence-electron chi connectivity index (χ0n) is 5.11. The molecule has 0 aliphatic carbocycles. The number of rotatable bonds is 4. The third-order valence-corrected chi connectivity index (χ3v) is 0.894. The first-order chi connectivity index (χ1) is 3.77. The standard InChI is InChI=1S/C6H11BrO/c1-6(2)5-8-4-3-7/h1,3-5H2,2H3. The Bertz CT molecular complexity index is 70.9. The third kappa shape index (κ3) is 6.18. The summed E-state index contributed by atoms with van der Waals surface area (Å²) in [5, 5.41) is 0.903. The van der Waals surface area contributed by atoms with Gasteiger partial charge >= 0.3 is 0 Å². The van der Waals surface area contributed by atoms with Crippen molar-refractivity contribution in [3.63, 3.8) is 0 Å². The summed E-state index contributed by atoms with van der Waals surface area (Å²) >= 11 is 3.24. The summed E-state index contributed by atoms with van der Waals surface area (Å²) in [5.41, 5.74) is 1.07. The summed E-state index contributed by atoms with van der Waals surface area (Å²) in [6.45, 7) is 7.10. The van der Waals surface area contributed by atoms with Gasteiger partial charge in [0.2, 0.25) is 0 Å².